The van der Waals surface area contributed by atoms with E-state index in [1.54, 1.807) is 11.0 Å². The maximum atomic E-state index is 11.2. The molecule has 1 N–H and O–H groups in total. The third-order valence-corrected chi connectivity index (χ3v) is 1.94. The highest BCUT2D eigenvalue weighted by molar-refractivity contribution is 5.83. The molecule has 0 saturated carbocycles. The molecule has 3 heteroatoms. The van der Waals surface area contributed by atoms with Gasteiger partial charge in [0.25, 0.3) is 0 Å². The van der Waals surface area contributed by atoms with Crippen molar-refractivity contribution in [2.24, 2.45) is 0 Å². The lowest BCUT2D eigenvalue weighted by molar-refractivity contribution is -0.128. The molecule has 3 nitrogen and oxygen atoms in total. The van der Waals surface area contributed by atoms with Gasteiger partial charge in [0.2, 0.25) is 5.91 Å². The second-order valence-electron chi connectivity index (χ2n) is 2.80. The Hall–Kier alpha value is -0.830. The van der Waals surface area contributed by atoms with Crippen molar-refractivity contribution >= 4 is 5.91 Å². The Morgan fingerprint density at radius 3 is 3.09 bits per heavy atom. The van der Waals surface area contributed by atoms with E-state index in [1.807, 2.05) is 7.05 Å². The number of nitrogens with one attached hydrogen (secondary N) is 1. The van der Waals surface area contributed by atoms with Crippen LogP contribution in [0.15, 0.2) is 12.7 Å². The van der Waals surface area contributed by atoms with Gasteiger partial charge in [0.15, 0.2) is 0 Å². The minimum atomic E-state index is 0.0259. The Balaban J connectivity index is 2.36. The summed E-state index contributed by atoms with van der Waals surface area (Å²) in [4.78, 5) is 13.0. The van der Waals surface area contributed by atoms with E-state index < -0.39 is 0 Å². The second-order valence-corrected chi connectivity index (χ2v) is 2.80. The summed E-state index contributed by atoms with van der Waals surface area (Å²) in [6, 6.07) is 0.0259. The lowest BCUT2D eigenvalue weighted by Gasteiger charge is -2.09. The van der Waals surface area contributed by atoms with Crippen LogP contribution in [-0.2, 0) is 4.79 Å². The Morgan fingerprint density at radius 2 is 2.64 bits per heavy atom. The largest absolute Gasteiger partial charge is 0.344 e. The summed E-state index contributed by atoms with van der Waals surface area (Å²) in [6.45, 7) is 5.16. The molecule has 11 heavy (non-hydrogen) atoms. The van der Waals surface area contributed by atoms with Crippen LogP contribution >= 0.6 is 0 Å². The van der Waals surface area contributed by atoms with Crippen LogP contribution in [0.3, 0.4) is 0 Å². The van der Waals surface area contributed by atoms with Crippen LogP contribution in [0.1, 0.15) is 6.42 Å². The van der Waals surface area contributed by atoms with Gasteiger partial charge in [-0.25, -0.2) is 0 Å². The van der Waals surface area contributed by atoms with Crippen molar-refractivity contribution in [1.82, 2.24) is 10.2 Å². The Labute approximate surface area is 67.1 Å². The Bertz CT molecular complexity index is 167. The van der Waals surface area contributed by atoms with Crippen LogP contribution in [0.5, 0.6) is 0 Å². The predicted octanol–water partition coefficient (Wildman–Crippen LogP) is -0.00730. The van der Waals surface area contributed by atoms with E-state index >= 15 is 0 Å². The van der Waals surface area contributed by atoms with Gasteiger partial charge in [-0.3, -0.25) is 4.79 Å². The van der Waals surface area contributed by atoms with Crippen LogP contribution in [0.4, 0.5) is 0 Å². The van der Waals surface area contributed by atoms with Crippen molar-refractivity contribution < 1.29 is 4.79 Å². The molecular weight excluding hydrogens is 140 g/mol. The van der Waals surface area contributed by atoms with E-state index in [9.17, 15) is 4.79 Å². The molecule has 1 fully saturated rings. The van der Waals surface area contributed by atoms with Gasteiger partial charge in [0.05, 0.1) is 6.04 Å². The van der Waals surface area contributed by atoms with Crippen molar-refractivity contribution in [2.45, 2.75) is 12.5 Å². The van der Waals surface area contributed by atoms with Crippen LogP contribution in [0.2, 0.25) is 0 Å². The first kappa shape index (κ1) is 8.27. The zero-order chi connectivity index (χ0) is 8.27. The maximum absolute atomic E-state index is 11.2. The Kier molecular flexibility index (Phi) is 2.65. The summed E-state index contributed by atoms with van der Waals surface area (Å²) in [5.41, 5.74) is 0. The molecule has 1 atom stereocenters. The molecule has 62 valence electrons. The Morgan fingerprint density at radius 1 is 1.91 bits per heavy atom. The molecule has 0 unspecified atom stereocenters. The molecule has 0 aliphatic carbocycles. The van der Waals surface area contributed by atoms with Gasteiger partial charge >= 0.3 is 0 Å². The molecule has 1 saturated heterocycles. The van der Waals surface area contributed by atoms with Gasteiger partial charge < -0.3 is 10.2 Å². The zero-order valence-corrected chi connectivity index (χ0v) is 6.84. The SMILES string of the molecule is C=CCN[C@@H]1CCN(C)C1=O. The molecule has 0 radical (unpaired) electrons. The quantitative estimate of drug-likeness (QED) is 0.580. The van der Waals surface area contributed by atoms with Crippen LogP contribution in [0, 0.1) is 0 Å². The monoisotopic (exact) mass is 154 g/mol. The first-order valence-electron chi connectivity index (χ1n) is 3.85. The molecule has 0 aromatic carbocycles. The highest BCUT2D eigenvalue weighted by Crippen LogP contribution is 2.07. The topological polar surface area (TPSA) is 32.3 Å². The first-order valence-corrected chi connectivity index (χ1v) is 3.85. The highest BCUT2D eigenvalue weighted by Gasteiger charge is 2.27. The number of amides is 1. The van der Waals surface area contributed by atoms with E-state index in [2.05, 4.69) is 11.9 Å². The fraction of sp³-hybridized carbons (Fsp3) is 0.625. The molecule has 0 spiro atoms. The minimum absolute atomic E-state index is 0.0259. The van der Waals surface area contributed by atoms with E-state index in [0.29, 0.717) is 6.54 Å². The van der Waals surface area contributed by atoms with Gasteiger partial charge in [-0.2, -0.15) is 0 Å². The van der Waals surface area contributed by atoms with Crippen molar-refractivity contribution in [3.8, 4) is 0 Å². The van der Waals surface area contributed by atoms with Gasteiger partial charge in [-0.15, -0.1) is 6.58 Å². The molecular formula is C8H14N2O. The van der Waals surface area contributed by atoms with Crippen LogP contribution in [0.25, 0.3) is 0 Å². The number of hydrogen-bond acceptors (Lipinski definition) is 2. The van der Waals surface area contributed by atoms with E-state index in [4.69, 9.17) is 0 Å². The average molecular weight is 154 g/mol. The second kappa shape index (κ2) is 3.53. The number of hydrogen-bond donors (Lipinski definition) is 1. The molecule has 0 aromatic heterocycles. The molecule has 1 rings (SSSR count). The molecule has 0 bridgehead atoms. The first-order chi connectivity index (χ1) is 5.25. The molecule has 1 amide bonds. The van der Waals surface area contributed by atoms with E-state index in [0.717, 1.165) is 13.0 Å². The van der Waals surface area contributed by atoms with E-state index in [-0.39, 0.29) is 11.9 Å². The summed E-state index contributed by atoms with van der Waals surface area (Å²) in [5, 5.41) is 3.10. The lowest BCUT2D eigenvalue weighted by Crippen LogP contribution is -2.36. The number of carbonyl (C=O) groups is 1. The number of likely N-dealkylation sites (tertiary alicyclic amines) is 1. The van der Waals surface area contributed by atoms with Gasteiger partial charge in [0.1, 0.15) is 0 Å². The molecule has 1 heterocycles. The average Bonchev–Trinajstić information content (AvgIpc) is 2.31. The van der Waals surface area contributed by atoms with E-state index in [1.165, 1.54) is 0 Å². The normalized spacial score (nSPS) is 24.3. The fourth-order valence-corrected chi connectivity index (χ4v) is 1.24. The number of carbonyl (C=O) groups excluding carboxylic acids is 1. The van der Waals surface area contributed by atoms with Crippen molar-refractivity contribution in [2.75, 3.05) is 20.1 Å². The number of nitrogens with zero attached hydrogens (tertiary/aromatic N) is 1. The number of likely N-dealkylation sites (N-methyl/N-ethyl adjacent to an activating group) is 1. The van der Waals surface area contributed by atoms with Crippen LogP contribution in [-0.4, -0.2) is 37.0 Å². The van der Waals surface area contributed by atoms with Crippen molar-refractivity contribution in [3.63, 3.8) is 0 Å². The highest BCUT2D eigenvalue weighted by atomic mass is 16.2. The lowest BCUT2D eigenvalue weighted by atomic mass is 10.2. The maximum Gasteiger partial charge on any atom is 0.239 e. The molecule has 1 aliphatic rings. The van der Waals surface area contributed by atoms with Gasteiger partial charge in [0, 0.05) is 20.1 Å². The zero-order valence-electron chi connectivity index (χ0n) is 6.84. The standard InChI is InChI=1S/C8H14N2O/c1-3-5-9-7-4-6-10(2)8(7)11/h3,7,9H,1,4-6H2,2H3/t7-/m1/s1. The third kappa shape index (κ3) is 1.80. The fourth-order valence-electron chi connectivity index (χ4n) is 1.24. The summed E-state index contributed by atoms with van der Waals surface area (Å²) < 4.78 is 0. The molecule has 0 aromatic rings. The van der Waals surface area contributed by atoms with Crippen LogP contribution < -0.4 is 5.32 Å². The van der Waals surface area contributed by atoms with Gasteiger partial charge in [-0.05, 0) is 6.42 Å². The summed E-state index contributed by atoms with van der Waals surface area (Å²) >= 11 is 0. The van der Waals surface area contributed by atoms with Crippen molar-refractivity contribution in [1.29, 1.82) is 0 Å². The minimum Gasteiger partial charge on any atom is -0.344 e. The van der Waals surface area contributed by atoms with Crippen molar-refractivity contribution in [3.05, 3.63) is 12.7 Å². The molecule has 1 aliphatic heterocycles. The number of rotatable bonds is 3. The summed E-state index contributed by atoms with van der Waals surface area (Å²) in [7, 11) is 1.83. The summed E-state index contributed by atoms with van der Waals surface area (Å²) in [6.07, 6.45) is 2.69. The smallest absolute Gasteiger partial charge is 0.239 e. The third-order valence-electron chi connectivity index (χ3n) is 1.94. The summed E-state index contributed by atoms with van der Waals surface area (Å²) in [5.74, 6) is 0.201. The predicted molar refractivity (Wildman–Crippen MR) is 44.2 cm³/mol. The van der Waals surface area contributed by atoms with Gasteiger partial charge in [-0.1, -0.05) is 6.08 Å².